The fourth-order valence-corrected chi connectivity index (χ4v) is 7.97. The van der Waals surface area contributed by atoms with Gasteiger partial charge in [0.1, 0.15) is 11.9 Å². The standard InChI is InChI=1S/C30H37FN6O4S/c1-18-23-15-25(38)34-30(8-12-36(13-9-30)28(40)20-2-4-21(31)5-3-20)16-26(39)37-17-22(32)14-24(37)29(41)35-10-6-19(7-11-35)27(33-23)42-18/h2-5,19,22,24H,6-17,32H2,1H3,(H,34,38)/t22-,24-/m0/s1. The summed E-state index contributed by atoms with van der Waals surface area (Å²) >= 11 is 1.62. The maximum absolute atomic E-state index is 13.9. The van der Waals surface area contributed by atoms with Crippen molar-refractivity contribution in [3.63, 3.8) is 0 Å². The zero-order valence-corrected chi connectivity index (χ0v) is 24.6. The number of nitrogens with two attached hydrogens (primary N) is 1. The molecule has 3 saturated heterocycles. The van der Waals surface area contributed by atoms with Gasteiger partial charge in [0.2, 0.25) is 17.7 Å². The van der Waals surface area contributed by atoms with Gasteiger partial charge in [-0.05, 0) is 63.3 Å². The van der Waals surface area contributed by atoms with Gasteiger partial charge in [-0.15, -0.1) is 11.3 Å². The number of benzene rings is 1. The molecule has 6 heterocycles. The zero-order valence-electron chi connectivity index (χ0n) is 23.8. The van der Waals surface area contributed by atoms with E-state index in [1.807, 2.05) is 11.8 Å². The molecule has 5 aliphatic rings. The number of thiazole rings is 1. The molecule has 12 heteroatoms. The van der Waals surface area contributed by atoms with Crippen LogP contribution in [0.3, 0.4) is 0 Å². The van der Waals surface area contributed by atoms with Crippen LogP contribution in [0.4, 0.5) is 4.39 Å². The quantitative estimate of drug-likeness (QED) is 0.518. The summed E-state index contributed by atoms with van der Waals surface area (Å²) in [6.07, 6.45) is 2.87. The number of nitrogens with zero attached hydrogens (tertiary/aromatic N) is 4. The largest absolute Gasteiger partial charge is 0.350 e. The number of hydrogen-bond donors (Lipinski definition) is 2. The normalized spacial score (nSPS) is 25.2. The number of nitrogens with one attached hydrogen (secondary N) is 1. The maximum atomic E-state index is 13.9. The van der Waals surface area contributed by atoms with E-state index >= 15 is 0 Å². The summed E-state index contributed by atoms with van der Waals surface area (Å²) in [5, 5.41) is 4.19. The van der Waals surface area contributed by atoms with Crippen LogP contribution >= 0.6 is 11.3 Å². The highest BCUT2D eigenvalue weighted by Crippen LogP contribution is 2.35. The Balaban J connectivity index is 1.27. The summed E-state index contributed by atoms with van der Waals surface area (Å²) in [6.45, 7) is 4.13. The number of amides is 4. The number of halogens is 1. The van der Waals surface area contributed by atoms with E-state index in [4.69, 9.17) is 10.7 Å². The Morgan fingerprint density at radius 3 is 2.48 bits per heavy atom. The molecule has 1 aromatic heterocycles. The van der Waals surface area contributed by atoms with Crippen molar-refractivity contribution in [2.24, 2.45) is 5.73 Å². The molecule has 224 valence electrons. The van der Waals surface area contributed by atoms with Crippen LogP contribution in [-0.2, 0) is 20.8 Å². The molecule has 0 aliphatic carbocycles. The first-order valence-corrected chi connectivity index (χ1v) is 15.6. The van der Waals surface area contributed by atoms with Gasteiger partial charge in [0.05, 0.1) is 29.1 Å². The predicted molar refractivity (Wildman–Crippen MR) is 154 cm³/mol. The minimum Gasteiger partial charge on any atom is -0.350 e. The van der Waals surface area contributed by atoms with Crippen LogP contribution in [0.25, 0.3) is 0 Å². The molecule has 4 bridgehead atoms. The Labute approximate surface area is 248 Å². The van der Waals surface area contributed by atoms with Crippen LogP contribution in [0.15, 0.2) is 24.3 Å². The van der Waals surface area contributed by atoms with E-state index in [-0.39, 0.29) is 48.4 Å². The fraction of sp³-hybridized carbons (Fsp3) is 0.567. The number of rotatable bonds is 1. The van der Waals surface area contributed by atoms with E-state index in [0.29, 0.717) is 57.5 Å². The van der Waals surface area contributed by atoms with Crippen molar-refractivity contribution >= 4 is 35.0 Å². The zero-order chi connectivity index (χ0) is 29.6. The van der Waals surface area contributed by atoms with Crippen LogP contribution in [0.1, 0.15) is 70.4 Å². The van der Waals surface area contributed by atoms with Gasteiger partial charge in [0.15, 0.2) is 0 Å². The average molecular weight is 597 g/mol. The average Bonchev–Trinajstić information content (AvgIpc) is 3.55. The molecular weight excluding hydrogens is 559 g/mol. The highest BCUT2D eigenvalue weighted by molar-refractivity contribution is 7.11. The van der Waals surface area contributed by atoms with Gasteiger partial charge < -0.3 is 25.8 Å². The third-order valence-corrected chi connectivity index (χ3v) is 10.5. The van der Waals surface area contributed by atoms with Gasteiger partial charge in [0.25, 0.3) is 5.91 Å². The Hall–Kier alpha value is -3.38. The molecule has 2 atom stereocenters. The van der Waals surface area contributed by atoms with Crippen LogP contribution in [-0.4, -0.2) is 93.7 Å². The lowest BCUT2D eigenvalue weighted by molar-refractivity contribution is -0.145. The van der Waals surface area contributed by atoms with Crippen molar-refractivity contribution in [1.29, 1.82) is 0 Å². The molecule has 4 amide bonds. The van der Waals surface area contributed by atoms with Crippen LogP contribution in [0.5, 0.6) is 0 Å². The van der Waals surface area contributed by atoms with Crippen molar-refractivity contribution < 1.29 is 23.6 Å². The molecule has 5 aliphatic heterocycles. The van der Waals surface area contributed by atoms with Crippen molar-refractivity contribution in [3.8, 4) is 0 Å². The number of likely N-dealkylation sites (tertiary alicyclic amines) is 1. The molecule has 10 nitrogen and oxygen atoms in total. The molecule has 3 fully saturated rings. The van der Waals surface area contributed by atoms with Gasteiger partial charge in [-0.3, -0.25) is 19.2 Å². The summed E-state index contributed by atoms with van der Waals surface area (Å²) < 4.78 is 13.4. The van der Waals surface area contributed by atoms with E-state index in [9.17, 15) is 23.6 Å². The van der Waals surface area contributed by atoms with Crippen LogP contribution in [0.2, 0.25) is 0 Å². The molecule has 1 aromatic carbocycles. The summed E-state index contributed by atoms with van der Waals surface area (Å²) in [5.74, 6) is -0.887. The lowest BCUT2D eigenvalue weighted by Gasteiger charge is -2.43. The van der Waals surface area contributed by atoms with Crippen molar-refractivity contribution in [1.82, 2.24) is 25.0 Å². The molecule has 0 radical (unpaired) electrons. The van der Waals surface area contributed by atoms with E-state index in [1.165, 1.54) is 24.3 Å². The monoisotopic (exact) mass is 596 g/mol. The van der Waals surface area contributed by atoms with Crippen molar-refractivity contribution in [2.45, 2.75) is 75.4 Å². The smallest absolute Gasteiger partial charge is 0.253 e. The maximum Gasteiger partial charge on any atom is 0.253 e. The summed E-state index contributed by atoms with van der Waals surface area (Å²) in [6, 6.07) is 4.53. The summed E-state index contributed by atoms with van der Waals surface area (Å²) in [7, 11) is 0. The van der Waals surface area contributed by atoms with Gasteiger partial charge in [-0.25, -0.2) is 9.37 Å². The first-order valence-electron chi connectivity index (χ1n) is 14.8. The van der Waals surface area contributed by atoms with E-state index in [2.05, 4.69) is 5.32 Å². The second-order valence-corrected chi connectivity index (χ2v) is 13.4. The third-order valence-electron chi connectivity index (χ3n) is 9.33. The summed E-state index contributed by atoms with van der Waals surface area (Å²) in [4.78, 5) is 65.2. The molecule has 1 spiro atoms. The fourth-order valence-electron chi connectivity index (χ4n) is 6.87. The van der Waals surface area contributed by atoms with Gasteiger partial charge in [-0.2, -0.15) is 0 Å². The number of fused-ring (bicyclic) bond motifs is 5. The number of aromatic nitrogens is 1. The Morgan fingerprint density at radius 2 is 1.79 bits per heavy atom. The number of carbonyl (C=O) groups excluding carboxylic acids is 4. The number of hydrogen-bond acceptors (Lipinski definition) is 7. The summed E-state index contributed by atoms with van der Waals surface area (Å²) in [5.41, 5.74) is 6.52. The van der Waals surface area contributed by atoms with Crippen LogP contribution in [0, 0.1) is 12.7 Å². The second-order valence-electron chi connectivity index (χ2n) is 12.2. The predicted octanol–water partition coefficient (Wildman–Crippen LogP) is 1.96. The lowest BCUT2D eigenvalue weighted by Crippen LogP contribution is -2.59. The molecule has 2 aromatic rings. The number of carbonyl (C=O) groups is 4. The minimum absolute atomic E-state index is 0.0111. The van der Waals surface area contributed by atoms with E-state index in [0.717, 1.165) is 28.4 Å². The van der Waals surface area contributed by atoms with Crippen molar-refractivity contribution in [3.05, 3.63) is 51.2 Å². The highest BCUT2D eigenvalue weighted by atomic mass is 32.1. The molecule has 0 unspecified atom stereocenters. The van der Waals surface area contributed by atoms with Crippen LogP contribution < -0.4 is 11.1 Å². The second kappa shape index (κ2) is 11.4. The molecule has 0 saturated carbocycles. The Kier molecular flexibility index (Phi) is 7.77. The Morgan fingerprint density at radius 1 is 1.10 bits per heavy atom. The van der Waals surface area contributed by atoms with Crippen molar-refractivity contribution in [2.75, 3.05) is 32.7 Å². The first kappa shape index (κ1) is 28.7. The lowest BCUT2D eigenvalue weighted by atomic mass is 9.83. The molecular formula is C30H37FN6O4S. The minimum atomic E-state index is -0.892. The first-order chi connectivity index (χ1) is 20.1. The third kappa shape index (κ3) is 5.66. The molecule has 3 N–H and O–H groups in total. The highest BCUT2D eigenvalue weighted by Gasteiger charge is 2.45. The van der Waals surface area contributed by atoms with E-state index in [1.54, 1.807) is 21.1 Å². The Bertz CT molecular complexity index is 1380. The van der Waals surface area contributed by atoms with Gasteiger partial charge in [0, 0.05) is 55.1 Å². The number of piperidine rings is 2. The molecule has 42 heavy (non-hydrogen) atoms. The van der Waals surface area contributed by atoms with Gasteiger partial charge in [-0.1, -0.05) is 0 Å². The van der Waals surface area contributed by atoms with Gasteiger partial charge >= 0.3 is 0 Å². The number of aryl methyl sites for hydroxylation is 1. The SMILES string of the molecule is Cc1sc2nc1CC(=O)NC1(CCN(C(=O)c3ccc(F)cc3)CC1)CC(=O)N1C[C@@H](N)C[C@H]1C(=O)N1CCC2CC1. The topological polar surface area (TPSA) is 129 Å². The molecule has 7 rings (SSSR count). The van der Waals surface area contributed by atoms with E-state index < -0.39 is 17.4 Å².